The van der Waals surface area contributed by atoms with Crippen molar-refractivity contribution in [1.29, 1.82) is 0 Å². The minimum absolute atomic E-state index is 0.0624. The molecule has 2 rings (SSSR count). The quantitative estimate of drug-likeness (QED) is 0.596. The zero-order valence-electron chi connectivity index (χ0n) is 13.7. The van der Waals surface area contributed by atoms with Gasteiger partial charge in [-0.2, -0.15) is 0 Å². The van der Waals surface area contributed by atoms with Crippen LogP contribution in [0, 0.1) is 11.8 Å². The highest BCUT2D eigenvalue weighted by Gasteiger charge is 2.46. The summed E-state index contributed by atoms with van der Waals surface area (Å²) < 4.78 is 15.3. The molecule has 1 aromatic rings. The van der Waals surface area contributed by atoms with Gasteiger partial charge in [0.2, 0.25) is 0 Å². The second kappa shape index (κ2) is 7.66. The first-order valence-electron chi connectivity index (χ1n) is 7.47. The summed E-state index contributed by atoms with van der Waals surface area (Å²) in [7, 11) is 2.41. The van der Waals surface area contributed by atoms with Crippen molar-refractivity contribution >= 4 is 29.3 Å². The van der Waals surface area contributed by atoms with Crippen molar-refractivity contribution in [1.82, 2.24) is 0 Å². The van der Waals surface area contributed by atoms with Crippen LogP contribution >= 0.6 is 11.6 Å². The maximum atomic E-state index is 12.3. The molecule has 0 spiro atoms. The van der Waals surface area contributed by atoms with Gasteiger partial charge >= 0.3 is 11.9 Å². The van der Waals surface area contributed by atoms with E-state index >= 15 is 0 Å². The third kappa shape index (κ3) is 3.53. The van der Waals surface area contributed by atoms with Crippen LogP contribution in [-0.4, -0.2) is 38.5 Å². The Labute approximate surface area is 145 Å². The van der Waals surface area contributed by atoms with Gasteiger partial charge < -0.3 is 19.0 Å². The zero-order valence-corrected chi connectivity index (χ0v) is 14.5. The van der Waals surface area contributed by atoms with E-state index in [1.54, 1.807) is 18.2 Å². The van der Waals surface area contributed by atoms with Crippen LogP contribution in [0.3, 0.4) is 0 Å². The van der Waals surface area contributed by atoms with E-state index in [9.17, 15) is 14.4 Å². The Morgan fingerprint density at radius 2 is 1.88 bits per heavy atom. The Balaban J connectivity index is 2.57. The smallest absolute Gasteiger partial charge is 0.320 e. The van der Waals surface area contributed by atoms with Crippen molar-refractivity contribution in [3.05, 3.63) is 28.8 Å². The molecule has 1 aromatic carbocycles. The Bertz CT molecular complexity index is 640. The van der Waals surface area contributed by atoms with Crippen molar-refractivity contribution in [2.75, 3.05) is 20.8 Å². The van der Waals surface area contributed by atoms with Gasteiger partial charge in [0, 0.05) is 23.8 Å². The first-order chi connectivity index (χ1) is 11.4. The van der Waals surface area contributed by atoms with Crippen LogP contribution in [0.5, 0.6) is 5.75 Å². The molecule has 1 aliphatic rings. The van der Waals surface area contributed by atoms with Crippen molar-refractivity contribution in [3.63, 3.8) is 0 Å². The number of rotatable bonds is 5. The first-order valence-corrected chi connectivity index (χ1v) is 7.84. The maximum absolute atomic E-state index is 12.3. The Kier molecular flexibility index (Phi) is 5.83. The number of halogens is 1. The fourth-order valence-electron chi connectivity index (χ4n) is 3.14. The molecular weight excluding hydrogens is 336 g/mol. The molecule has 0 saturated heterocycles. The van der Waals surface area contributed by atoms with Gasteiger partial charge in [-0.1, -0.05) is 23.7 Å². The van der Waals surface area contributed by atoms with E-state index in [2.05, 4.69) is 0 Å². The molecular formula is C17H19ClO6. The average molecular weight is 355 g/mol. The first kappa shape index (κ1) is 18.3. The van der Waals surface area contributed by atoms with Gasteiger partial charge in [0.15, 0.2) is 5.92 Å². The van der Waals surface area contributed by atoms with Crippen molar-refractivity contribution < 1.29 is 28.6 Å². The molecule has 1 aliphatic heterocycles. The van der Waals surface area contributed by atoms with Crippen molar-refractivity contribution in [3.8, 4) is 5.75 Å². The second-order valence-electron chi connectivity index (χ2n) is 5.69. The largest absolute Gasteiger partial charge is 0.491 e. The summed E-state index contributed by atoms with van der Waals surface area (Å²) in [5.74, 6) is -3.24. The molecule has 2 unspecified atom stereocenters. The minimum Gasteiger partial charge on any atom is -0.491 e. The molecule has 7 heteroatoms. The van der Waals surface area contributed by atoms with Gasteiger partial charge in [-0.25, -0.2) is 0 Å². The van der Waals surface area contributed by atoms with Gasteiger partial charge in [-0.05, 0) is 13.0 Å². The fraction of sp³-hybridized carbons (Fsp3) is 0.471. The van der Waals surface area contributed by atoms with Crippen LogP contribution in [0.15, 0.2) is 18.2 Å². The SMILES string of the molecule is COC(=O)C(C(=O)OC)C1c2cccc(Cl)c2OCC1CC(C)=O. The Hall–Kier alpha value is -2.08. The maximum Gasteiger partial charge on any atom is 0.320 e. The lowest BCUT2D eigenvalue weighted by molar-refractivity contribution is -0.161. The topological polar surface area (TPSA) is 78.9 Å². The van der Waals surface area contributed by atoms with Crippen LogP contribution < -0.4 is 4.74 Å². The Morgan fingerprint density at radius 3 is 2.42 bits per heavy atom. The summed E-state index contributed by atoms with van der Waals surface area (Å²) in [6, 6.07) is 5.10. The lowest BCUT2D eigenvalue weighted by Crippen LogP contribution is -2.40. The lowest BCUT2D eigenvalue weighted by Gasteiger charge is -2.36. The molecule has 0 N–H and O–H groups in total. The third-order valence-electron chi connectivity index (χ3n) is 4.13. The van der Waals surface area contributed by atoms with Crippen LogP contribution in [0.1, 0.15) is 24.8 Å². The van der Waals surface area contributed by atoms with Gasteiger partial charge in [-0.3, -0.25) is 9.59 Å². The number of carbonyl (C=O) groups excluding carboxylic acids is 3. The number of ether oxygens (including phenoxy) is 3. The molecule has 2 atom stereocenters. The van der Waals surface area contributed by atoms with Crippen LogP contribution in [-0.2, 0) is 23.9 Å². The summed E-state index contributed by atoms with van der Waals surface area (Å²) >= 11 is 6.17. The number of hydrogen-bond acceptors (Lipinski definition) is 6. The van der Waals surface area contributed by atoms with E-state index in [0.29, 0.717) is 16.3 Å². The summed E-state index contributed by atoms with van der Waals surface area (Å²) in [5, 5.41) is 0.382. The number of benzene rings is 1. The number of Topliss-reactive ketones (excluding diaryl/α,β-unsaturated/α-hetero) is 1. The number of para-hydroxylation sites is 1. The molecule has 0 bridgehead atoms. The van der Waals surface area contributed by atoms with E-state index < -0.39 is 23.8 Å². The summed E-state index contributed by atoms with van der Waals surface area (Å²) in [4.78, 5) is 36.1. The molecule has 1 heterocycles. The van der Waals surface area contributed by atoms with E-state index in [0.717, 1.165) is 0 Å². The molecule has 130 valence electrons. The fourth-order valence-corrected chi connectivity index (χ4v) is 3.37. The average Bonchev–Trinajstić information content (AvgIpc) is 2.55. The normalized spacial score (nSPS) is 19.2. The number of ketones is 1. The van der Waals surface area contributed by atoms with Crippen LogP contribution in [0.2, 0.25) is 5.02 Å². The number of methoxy groups -OCH3 is 2. The molecule has 6 nitrogen and oxygen atoms in total. The molecule has 0 aliphatic carbocycles. The lowest BCUT2D eigenvalue weighted by atomic mass is 9.73. The predicted octanol–water partition coefficient (Wildman–Crippen LogP) is 2.37. The van der Waals surface area contributed by atoms with E-state index in [-0.39, 0.29) is 24.7 Å². The van der Waals surface area contributed by atoms with E-state index in [4.69, 9.17) is 25.8 Å². The number of fused-ring (bicyclic) bond motifs is 1. The highest BCUT2D eigenvalue weighted by molar-refractivity contribution is 6.32. The zero-order chi connectivity index (χ0) is 17.9. The predicted molar refractivity (Wildman–Crippen MR) is 86.0 cm³/mol. The van der Waals surface area contributed by atoms with Crippen LogP contribution in [0.25, 0.3) is 0 Å². The summed E-state index contributed by atoms with van der Waals surface area (Å²) in [5.41, 5.74) is 0.598. The molecule has 0 radical (unpaired) electrons. The van der Waals surface area contributed by atoms with Gasteiger partial charge in [0.25, 0.3) is 0 Å². The third-order valence-corrected chi connectivity index (χ3v) is 4.42. The van der Waals surface area contributed by atoms with Crippen molar-refractivity contribution in [2.45, 2.75) is 19.3 Å². The van der Waals surface area contributed by atoms with Crippen LogP contribution in [0.4, 0.5) is 0 Å². The number of carbonyl (C=O) groups is 3. The Morgan fingerprint density at radius 1 is 1.25 bits per heavy atom. The monoisotopic (exact) mass is 354 g/mol. The summed E-state index contributed by atoms with van der Waals surface area (Å²) in [6.07, 6.45) is 0.168. The second-order valence-corrected chi connectivity index (χ2v) is 6.09. The highest BCUT2D eigenvalue weighted by Crippen LogP contribution is 2.46. The standard InChI is InChI=1S/C17H19ClO6/c1-9(19)7-10-8-24-15-11(5-4-6-12(15)18)13(10)14(16(20)22-2)17(21)23-3/h4-6,10,13-14H,7-8H2,1-3H3. The van der Waals surface area contributed by atoms with E-state index in [1.165, 1.54) is 21.1 Å². The molecule has 24 heavy (non-hydrogen) atoms. The molecule has 0 fully saturated rings. The molecule has 0 saturated carbocycles. The van der Waals surface area contributed by atoms with E-state index in [1.807, 2.05) is 0 Å². The van der Waals surface area contributed by atoms with Gasteiger partial charge in [0.1, 0.15) is 11.5 Å². The molecule has 0 aromatic heterocycles. The van der Waals surface area contributed by atoms with Crippen molar-refractivity contribution in [2.24, 2.45) is 11.8 Å². The molecule has 0 amide bonds. The number of hydrogen-bond donors (Lipinski definition) is 0. The highest BCUT2D eigenvalue weighted by atomic mass is 35.5. The minimum atomic E-state index is -1.19. The van der Waals surface area contributed by atoms with Gasteiger partial charge in [0.05, 0.1) is 25.8 Å². The summed E-state index contributed by atoms with van der Waals surface area (Å²) in [6.45, 7) is 1.63. The number of esters is 2. The van der Waals surface area contributed by atoms with Gasteiger partial charge in [-0.15, -0.1) is 0 Å².